The molecule has 0 N–H and O–H groups in total. The normalized spacial score (nSPS) is 10.6. The van der Waals surface area contributed by atoms with Gasteiger partial charge in [0.1, 0.15) is 5.75 Å². The average Bonchev–Trinajstić information content (AvgIpc) is 2.83. The molecule has 0 bridgehead atoms. The summed E-state index contributed by atoms with van der Waals surface area (Å²) in [6.45, 7) is 6.89. The molecule has 0 fully saturated rings. The van der Waals surface area contributed by atoms with Crippen molar-refractivity contribution in [1.82, 2.24) is 4.98 Å². The summed E-state index contributed by atoms with van der Waals surface area (Å²) in [6.07, 6.45) is 1.23. The van der Waals surface area contributed by atoms with E-state index in [1.54, 1.807) is 11.3 Å². The van der Waals surface area contributed by atoms with Gasteiger partial charge < -0.3 is 4.74 Å². The maximum atomic E-state index is 8.89. The van der Waals surface area contributed by atoms with Crippen molar-refractivity contribution in [2.45, 2.75) is 39.5 Å². The lowest BCUT2D eigenvalue weighted by molar-refractivity contribution is 0.321. The topological polar surface area (TPSA) is 45.9 Å². The second kappa shape index (κ2) is 7.24. The molecule has 1 aromatic carbocycles. The van der Waals surface area contributed by atoms with Crippen molar-refractivity contribution in [3.05, 3.63) is 45.4 Å². The molecule has 4 heteroatoms. The van der Waals surface area contributed by atoms with Crippen LogP contribution in [0.2, 0.25) is 0 Å². The molecule has 21 heavy (non-hydrogen) atoms. The zero-order chi connectivity index (χ0) is 15.2. The monoisotopic (exact) mass is 300 g/mol. The Morgan fingerprint density at radius 3 is 2.86 bits per heavy atom. The van der Waals surface area contributed by atoms with Crippen LogP contribution in [0, 0.1) is 18.3 Å². The van der Waals surface area contributed by atoms with E-state index in [2.05, 4.69) is 37.9 Å². The molecule has 0 saturated heterocycles. The Morgan fingerprint density at radius 1 is 1.38 bits per heavy atom. The van der Waals surface area contributed by atoms with Gasteiger partial charge in [0.05, 0.1) is 29.8 Å². The van der Waals surface area contributed by atoms with Gasteiger partial charge in [-0.3, -0.25) is 0 Å². The van der Waals surface area contributed by atoms with E-state index < -0.39 is 0 Å². The number of rotatable bonds is 6. The minimum atomic E-state index is 0.357. The Morgan fingerprint density at radius 2 is 2.19 bits per heavy atom. The molecule has 0 aliphatic rings. The van der Waals surface area contributed by atoms with Gasteiger partial charge in [0.2, 0.25) is 0 Å². The Labute approximate surface area is 130 Å². The highest BCUT2D eigenvalue weighted by Gasteiger charge is 2.13. The summed E-state index contributed by atoms with van der Waals surface area (Å²) < 4.78 is 5.76. The van der Waals surface area contributed by atoms with Crippen LogP contribution >= 0.6 is 11.3 Å². The van der Waals surface area contributed by atoms with Gasteiger partial charge in [0.15, 0.2) is 0 Å². The largest absolute Gasteiger partial charge is 0.493 e. The van der Waals surface area contributed by atoms with Crippen LogP contribution in [0.1, 0.15) is 40.9 Å². The summed E-state index contributed by atoms with van der Waals surface area (Å²) in [4.78, 5) is 5.76. The van der Waals surface area contributed by atoms with Crippen molar-refractivity contribution < 1.29 is 4.74 Å². The first kappa shape index (κ1) is 15.5. The summed E-state index contributed by atoms with van der Waals surface area (Å²) in [5, 5.41) is 9.94. The summed E-state index contributed by atoms with van der Waals surface area (Å²) in [6, 6.07) is 10.3. The molecule has 0 radical (unpaired) electrons. The minimum Gasteiger partial charge on any atom is -0.493 e. The first-order valence-corrected chi connectivity index (χ1v) is 7.96. The molecular weight excluding hydrogens is 280 g/mol. The molecule has 0 aliphatic heterocycles. The van der Waals surface area contributed by atoms with Crippen molar-refractivity contribution in [2.75, 3.05) is 6.61 Å². The highest BCUT2D eigenvalue weighted by atomic mass is 32.1. The van der Waals surface area contributed by atoms with Gasteiger partial charge in [-0.1, -0.05) is 26.0 Å². The van der Waals surface area contributed by atoms with E-state index in [4.69, 9.17) is 10.00 Å². The summed E-state index contributed by atoms with van der Waals surface area (Å²) >= 11 is 1.64. The molecule has 0 aliphatic carbocycles. The number of thiazole rings is 1. The number of aromatic nitrogens is 1. The van der Waals surface area contributed by atoms with Gasteiger partial charge in [-0.15, -0.1) is 11.3 Å². The maximum absolute atomic E-state index is 8.89. The molecule has 110 valence electrons. The molecule has 0 saturated carbocycles. The molecule has 1 aromatic heterocycles. The summed E-state index contributed by atoms with van der Waals surface area (Å²) in [7, 11) is 0. The van der Waals surface area contributed by atoms with Crippen molar-refractivity contribution in [3.63, 3.8) is 0 Å². The number of ether oxygens (including phenoxy) is 1. The van der Waals surface area contributed by atoms with Crippen molar-refractivity contribution in [1.29, 1.82) is 5.26 Å². The fourth-order valence-corrected chi connectivity index (χ4v) is 3.27. The molecular formula is C17H20N2OS. The zero-order valence-corrected chi connectivity index (χ0v) is 13.5. The van der Waals surface area contributed by atoms with Crippen molar-refractivity contribution in [2.24, 2.45) is 0 Å². The first-order valence-electron chi connectivity index (χ1n) is 7.15. The molecule has 1 heterocycles. The Balaban J connectivity index is 1.97. The van der Waals surface area contributed by atoms with Crippen molar-refractivity contribution >= 4 is 11.3 Å². The Kier molecular flexibility index (Phi) is 5.35. The molecule has 0 unspecified atom stereocenters. The molecule has 3 nitrogen and oxygen atoms in total. The third kappa shape index (κ3) is 4.30. The highest BCUT2D eigenvalue weighted by Crippen LogP contribution is 2.26. The lowest BCUT2D eigenvalue weighted by atomic mass is 10.1. The van der Waals surface area contributed by atoms with Gasteiger partial charge in [-0.25, -0.2) is 4.98 Å². The van der Waals surface area contributed by atoms with Crippen LogP contribution in [0.25, 0.3) is 0 Å². The van der Waals surface area contributed by atoms with E-state index in [0.717, 1.165) is 27.7 Å². The van der Waals surface area contributed by atoms with Gasteiger partial charge >= 0.3 is 0 Å². The quantitative estimate of drug-likeness (QED) is 0.800. The minimum absolute atomic E-state index is 0.357. The number of aryl methyl sites for hydroxylation is 1. The number of nitriles is 1. The van der Waals surface area contributed by atoms with E-state index in [-0.39, 0.29) is 0 Å². The van der Waals surface area contributed by atoms with E-state index in [1.165, 1.54) is 5.56 Å². The zero-order valence-electron chi connectivity index (χ0n) is 12.7. The van der Waals surface area contributed by atoms with Crippen LogP contribution < -0.4 is 4.74 Å². The van der Waals surface area contributed by atoms with Gasteiger partial charge in [-0.05, 0) is 30.5 Å². The fraction of sp³-hybridized carbons (Fsp3) is 0.412. The standard InChI is InChI=1S/C17H20N2OS/c1-12(2)17-15(7-9-18)21-16(19-17)8-10-20-14-6-4-5-13(3)11-14/h4-6,11-12H,7-8,10H2,1-3H3. The van der Waals surface area contributed by atoms with Crippen LogP contribution in [-0.2, 0) is 12.8 Å². The molecule has 0 amide bonds. The highest BCUT2D eigenvalue weighted by molar-refractivity contribution is 7.11. The van der Waals surface area contributed by atoms with E-state index in [0.29, 0.717) is 18.9 Å². The number of hydrogen-bond acceptors (Lipinski definition) is 4. The number of hydrogen-bond donors (Lipinski definition) is 0. The number of benzene rings is 1. The van der Waals surface area contributed by atoms with Crippen molar-refractivity contribution in [3.8, 4) is 11.8 Å². The smallest absolute Gasteiger partial charge is 0.119 e. The molecule has 2 aromatic rings. The van der Waals surface area contributed by atoms with E-state index in [1.807, 2.05) is 18.2 Å². The predicted molar refractivity (Wildman–Crippen MR) is 85.9 cm³/mol. The third-order valence-corrected chi connectivity index (χ3v) is 4.26. The molecule has 0 atom stereocenters. The first-order chi connectivity index (χ1) is 10.1. The molecule has 0 spiro atoms. The van der Waals surface area contributed by atoms with Crippen LogP contribution in [0.3, 0.4) is 0 Å². The van der Waals surface area contributed by atoms with Gasteiger partial charge in [0.25, 0.3) is 0 Å². The Hall–Kier alpha value is -1.86. The van der Waals surface area contributed by atoms with Crippen LogP contribution in [0.5, 0.6) is 5.75 Å². The lowest BCUT2D eigenvalue weighted by Crippen LogP contribution is -2.01. The van der Waals surface area contributed by atoms with E-state index in [9.17, 15) is 0 Å². The van der Waals surface area contributed by atoms with Crippen LogP contribution in [0.4, 0.5) is 0 Å². The lowest BCUT2D eigenvalue weighted by Gasteiger charge is -2.05. The summed E-state index contributed by atoms with van der Waals surface area (Å²) in [5.41, 5.74) is 2.26. The molecule has 2 rings (SSSR count). The van der Waals surface area contributed by atoms with Crippen LogP contribution in [-0.4, -0.2) is 11.6 Å². The fourth-order valence-electron chi connectivity index (χ4n) is 2.13. The van der Waals surface area contributed by atoms with Gasteiger partial charge in [-0.2, -0.15) is 5.26 Å². The van der Waals surface area contributed by atoms with E-state index >= 15 is 0 Å². The second-order valence-corrected chi connectivity index (χ2v) is 6.49. The number of nitrogens with zero attached hydrogens (tertiary/aromatic N) is 2. The second-order valence-electron chi connectivity index (χ2n) is 5.32. The van der Waals surface area contributed by atoms with Gasteiger partial charge in [0, 0.05) is 11.3 Å². The van der Waals surface area contributed by atoms with Crippen LogP contribution in [0.15, 0.2) is 24.3 Å². The maximum Gasteiger partial charge on any atom is 0.119 e. The SMILES string of the molecule is Cc1cccc(OCCc2nc(C(C)C)c(CC#N)s2)c1. The Bertz CT molecular complexity index is 640. The third-order valence-electron chi connectivity index (χ3n) is 3.13. The average molecular weight is 300 g/mol. The summed E-state index contributed by atoms with van der Waals surface area (Å²) in [5.74, 6) is 1.25. The predicted octanol–water partition coefficient (Wildman–Crippen LogP) is 4.26.